The van der Waals surface area contributed by atoms with Crippen LogP contribution < -0.4 is 4.74 Å². The molecule has 0 bridgehead atoms. The Morgan fingerprint density at radius 2 is 2.31 bits per heavy atom. The van der Waals surface area contributed by atoms with E-state index in [2.05, 4.69) is 0 Å². The normalized spacial score (nSPS) is 17.4. The fourth-order valence-electron chi connectivity index (χ4n) is 1.64. The van der Waals surface area contributed by atoms with E-state index >= 15 is 0 Å². The van der Waals surface area contributed by atoms with E-state index in [1.165, 1.54) is 5.56 Å². The van der Waals surface area contributed by atoms with Gasteiger partial charge in [0, 0.05) is 0 Å². The van der Waals surface area contributed by atoms with E-state index in [1.807, 2.05) is 18.2 Å². The Labute approximate surface area is 78.2 Å². The molecule has 2 rings (SSSR count). The topological polar surface area (TPSA) is 29.5 Å². The average Bonchev–Trinajstić information content (AvgIpc) is 2.17. The number of aryl methyl sites for hydroxylation is 1. The summed E-state index contributed by atoms with van der Waals surface area (Å²) in [6, 6.07) is 5.92. The average molecular weight is 178 g/mol. The van der Waals surface area contributed by atoms with Crippen LogP contribution in [-0.4, -0.2) is 11.7 Å². The number of fused-ring (bicyclic) bond motifs is 1. The molecule has 0 saturated heterocycles. The Morgan fingerprint density at radius 3 is 3.08 bits per heavy atom. The van der Waals surface area contributed by atoms with Crippen LogP contribution in [0.3, 0.4) is 0 Å². The minimum atomic E-state index is -0.382. The van der Waals surface area contributed by atoms with Gasteiger partial charge in [0.2, 0.25) is 0 Å². The van der Waals surface area contributed by atoms with E-state index in [4.69, 9.17) is 4.74 Å². The Bertz CT molecular complexity index is 305. The van der Waals surface area contributed by atoms with Crippen LogP contribution in [0.25, 0.3) is 0 Å². The number of benzene rings is 1. The monoisotopic (exact) mass is 178 g/mol. The molecule has 0 unspecified atom stereocenters. The lowest BCUT2D eigenvalue weighted by molar-refractivity contribution is 0.198. The van der Waals surface area contributed by atoms with Crippen LogP contribution in [-0.2, 0) is 6.42 Å². The molecular formula is C11H14O2. The highest BCUT2D eigenvalue weighted by Crippen LogP contribution is 2.27. The molecule has 0 saturated carbocycles. The predicted molar refractivity (Wildman–Crippen MR) is 50.9 cm³/mol. The molecule has 70 valence electrons. The highest BCUT2D eigenvalue weighted by molar-refractivity contribution is 5.39. The van der Waals surface area contributed by atoms with Crippen LogP contribution in [0.5, 0.6) is 5.75 Å². The van der Waals surface area contributed by atoms with Gasteiger partial charge in [0.1, 0.15) is 5.75 Å². The highest BCUT2D eigenvalue weighted by Gasteiger charge is 2.11. The van der Waals surface area contributed by atoms with Crippen LogP contribution >= 0.6 is 0 Å². The standard InChI is InChI=1S/C11H14O2/c1-8(12)9-4-5-11-10(7-9)3-2-6-13-11/h4-5,7-8,12H,2-3,6H2,1H3/t8-/m1/s1. The van der Waals surface area contributed by atoms with Gasteiger partial charge in [-0.1, -0.05) is 6.07 Å². The van der Waals surface area contributed by atoms with Crippen molar-refractivity contribution in [2.24, 2.45) is 0 Å². The van der Waals surface area contributed by atoms with Crippen molar-refractivity contribution in [3.05, 3.63) is 29.3 Å². The zero-order valence-corrected chi connectivity index (χ0v) is 7.79. The Kier molecular flexibility index (Phi) is 2.23. The van der Waals surface area contributed by atoms with Gasteiger partial charge in [-0.2, -0.15) is 0 Å². The number of aliphatic hydroxyl groups excluding tert-OH is 1. The number of rotatable bonds is 1. The lowest BCUT2D eigenvalue weighted by Crippen LogP contribution is -2.08. The van der Waals surface area contributed by atoms with Gasteiger partial charge in [-0.15, -0.1) is 0 Å². The molecule has 1 aliphatic heterocycles. The molecule has 0 aliphatic carbocycles. The molecule has 1 atom stereocenters. The summed E-state index contributed by atoms with van der Waals surface area (Å²) >= 11 is 0. The molecule has 1 heterocycles. The van der Waals surface area contributed by atoms with Crippen LogP contribution in [0.4, 0.5) is 0 Å². The van der Waals surface area contributed by atoms with E-state index in [0.29, 0.717) is 0 Å². The van der Waals surface area contributed by atoms with Crippen molar-refractivity contribution in [3.8, 4) is 5.75 Å². The minimum Gasteiger partial charge on any atom is -0.493 e. The summed E-state index contributed by atoms with van der Waals surface area (Å²) in [5.41, 5.74) is 2.20. The smallest absolute Gasteiger partial charge is 0.122 e. The first-order valence-corrected chi connectivity index (χ1v) is 4.71. The second kappa shape index (κ2) is 3.38. The predicted octanol–water partition coefficient (Wildman–Crippen LogP) is 2.06. The fourth-order valence-corrected chi connectivity index (χ4v) is 1.64. The molecule has 13 heavy (non-hydrogen) atoms. The zero-order chi connectivity index (χ0) is 9.26. The Morgan fingerprint density at radius 1 is 1.46 bits per heavy atom. The number of ether oxygens (including phenoxy) is 1. The second-order valence-electron chi connectivity index (χ2n) is 3.50. The van der Waals surface area contributed by atoms with Gasteiger partial charge in [-0.3, -0.25) is 0 Å². The van der Waals surface area contributed by atoms with E-state index < -0.39 is 0 Å². The first kappa shape index (κ1) is 8.57. The number of hydrogen-bond donors (Lipinski definition) is 1. The quantitative estimate of drug-likeness (QED) is 0.713. The van der Waals surface area contributed by atoms with Gasteiger partial charge in [0.05, 0.1) is 12.7 Å². The summed E-state index contributed by atoms with van der Waals surface area (Å²) < 4.78 is 5.48. The van der Waals surface area contributed by atoms with E-state index in [0.717, 1.165) is 30.8 Å². The summed E-state index contributed by atoms with van der Waals surface area (Å²) in [4.78, 5) is 0. The van der Waals surface area contributed by atoms with Crippen molar-refractivity contribution < 1.29 is 9.84 Å². The van der Waals surface area contributed by atoms with Gasteiger partial charge >= 0.3 is 0 Å². The third-order valence-electron chi connectivity index (χ3n) is 2.41. The summed E-state index contributed by atoms with van der Waals surface area (Å²) in [5, 5.41) is 9.38. The molecule has 0 spiro atoms. The highest BCUT2D eigenvalue weighted by atomic mass is 16.5. The van der Waals surface area contributed by atoms with E-state index in [9.17, 15) is 5.11 Å². The van der Waals surface area contributed by atoms with Crippen LogP contribution in [0, 0.1) is 0 Å². The summed E-state index contributed by atoms with van der Waals surface area (Å²) in [6.07, 6.45) is 1.76. The van der Waals surface area contributed by atoms with Crippen molar-refractivity contribution >= 4 is 0 Å². The number of aliphatic hydroxyl groups is 1. The molecule has 1 aromatic rings. The molecule has 1 N–H and O–H groups in total. The molecule has 2 nitrogen and oxygen atoms in total. The molecule has 2 heteroatoms. The lowest BCUT2D eigenvalue weighted by Gasteiger charge is -2.18. The Balaban J connectivity index is 2.35. The molecular weight excluding hydrogens is 164 g/mol. The maximum absolute atomic E-state index is 9.38. The van der Waals surface area contributed by atoms with Crippen LogP contribution in [0.15, 0.2) is 18.2 Å². The fraction of sp³-hybridized carbons (Fsp3) is 0.455. The van der Waals surface area contributed by atoms with Gasteiger partial charge in [0.25, 0.3) is 0 Å². The lowest BCUT2D eigenvalue weighted by atomic mass is 10.0. The number of hydrogen-bond acceptors (Lipinski definition) is 2. The summed E-state index contributed by atoms with van der Waals surface area (Å²) in [7, 11) is 0. The third kappa shape index (κ3) is 1.68. The maximum atomic E-state index is 9.38. The van der Waals surface area contributed by atoms with Crippen molar-refractivity contribution in [1.82, 2.24) is 0 Å². The summed E-state index contributed by atoms with van der Waals surface area (Å²) in [6.45, 7) is 2.60. The van der Waals surface area contributed by atoms with Crippen molar-refractivity contribution in [2.75, 3.05) is 6.61 Å². The van der Waals surface area contributed by atoms with Gasteiger partial charge in [0.15, 0.2) is 0 Å². The van der Waals surface area contributed by atoms with Crippen molar-refractivity contribution in [3.63, 3.8) is 0 Å². The first-order valence-electron chi connectivity index (χ1n) is 4.71. The van der Waals surface area contributed by atoms with Crippen LogP contribution in [0.1, 0.15) is 30.6 Å². The molecule has 0 amide bonds. The first-order chi connectivity index (χ1) is 6.27. The van der Waals surface area contributed by atoms with Gasteiger partial charge in [-0.25, -0.2) is 0 Å². The molecule has 1 aliphatic rings. The largest absolute Gasteiger partial charge is 0.493 e. The van der Waals surface area contributed by atoms with Crippen LogP contribution in [0.2, 0.25) is 0 Å². The van der Waals surface area contributed by atoms with Crippen molar-refractivity contribution in [1.29, 1.82) is 0 Å². The summed E-state index contributed by atoms with van der Waals surface area (Å²) in [5.74, 6) is 0.982. The molecule has 0 fully saturated rings. The SMILES string of the molecule is C[C@@H](O)c1ccc2c(c1)CCCO2. The van der Waals surface area contributed by atoms with E-state index in [-0.39, 0.29) is 6.10 Å². The molecule has 0 aromatic heterocycles. The zero-order valence-electron chi connectivity index (χ0n) is 7.79. The van der Waals surface area contributed by atoms with Gasteiger partial charge in [-0.05, 0) is 43.0 Å². The van der Waals surface area contributed by atoms with Crippen molar-refractivity contribution in [2.45, 2.75) is 25.9 Å². The maximum Gasteiger partial charge on any atom is 0.122 e. The van der Waals surface area contributed by atoms with E-state index in [1.54, 1.807) is 6.92 Å². The second-order valence-corrected chi connectivity index (χ2v) is 3.50. The van der Waals surface area contributed by atoms with Gasteiger partial charge < -0.3 is 9.84 Å². The molecule has 1 aromatic carbocycles. The minimum absolute atomic E-state index is 0.382. The molecule has 0 radical (unpaired) electrons. The third-order valence-corrected chi connectivity index (χ3v) is 2.41. The Hall–Kier alpha value is -1.02.